The van der Waals surface area contributed by atoms with Crippen molar-refractivity contribution in [3.8, 4) is 5.75 Å². The average Bonchev–Trinajstić information content (AvgIpc) is 2.49. The molecule has 0 aliphatic carbocycles. The Morgan fingerprint density at radius 1 is 1.17 bits per heavy atom. The van der Waals surface area contributed by atoms with Gasteiger partial charge in [0, 0.05) is 0 Å². The maximum absolute atomic E-state index is 12.1. The molecule has 0 unspecified atom stereocenters. The molecule has 2 rings (SSSR count). The zero-order valence-corrected chi connectivity index (χ0v) is 11.2. The minimum absolute atomic E-state index is 0.380. The van der Waals surface area contributed by atoms with Gasteiger partial charge in [-0.2, -0.15) is 0 Å². The molecule has 0 atom stereocenters. The van der Waals surface area contributed by atoms with Crippen LogP contribution >= 0.6 is 0 Å². The second-order valence-corrected chi connectivity index (χ2v) is 5.41. The lowest BCUT2D eigenvalue weighted by Crippen LogP contribution is -2.41. The van der Waals surface area contributed by atoms with E-state index in [1.54, 1.807) is 18.2 Å². The molecule has 0 saturated carbocycles. The van der Waals surface area contributed by atoms with Crippen molar-refractivity contribution >= 4 is 12.6 Å². The number of benzene rings is 1. The molecule has 1 fully saturated rings. The van der Waals surface area contributed by atoms with Crippen molar-refractivity contribution in [3.63, 3.8) is 0 Å². The molecule has 1 saturated heterocycles. The zero-order chi connectivity index (χ0) is 13.4. The Hall–Kier alpha value is -1.07. The first-order chi connectivity index (χ1) is 8.36. The molecule has 0 N–H and O–H groups in total. The fourth-order valence-corrected chi connectivity index (χ4v) is 1.79. The molecule has 0 aromatic heterocycles. The summed E-state index contributed by atoms with van der Waals surface area (Å²) in [6.07, 6.45) is 0. The molecular weight excluding hydrogens is 234 g/mol. The summed E-state index contributed by atoms with van der Waals surface area (Å²) >= 11 is 0. The van der Waals surface area contributed by atoms with Crippen molar-refractivity contribution < 1.29 is 18.4 Å². The first-order valence-corrected chi connectivity index (χ1v) is 6.00. The maximum atomic E-state index is 12.1. The van der Waals surface area contributed by atoms with E-state index in [1.165, 1.54) is 0 Å². The van der Waals surface area contributed by atoms with Gasteiger partial charge in [-0.25, -0.2) is 4.39 Å². The van der Waals surface area contributed by atoms with Gasteiger partial charge in [-0.1, -0.05) is 12.1 Å². The Bertz CT molecular complexity index is 418. The van der Waals surface area contributed by atoms with Gasteiger partial charge in [0.2, 0.25) is 6.86 Å². The Labute approximate surface area is 107 Å². The normalized spacial score (nSPS) is 21.1. The highest BCUT2D eigenvalue weighted by Gasteiger charge is 2.51. The summed E-state index contributed by atoms with van der Waals surface area (Å²) in [6.45, 7) is 7.14. The minimum Gasteiger partial charge on any atom is -0.463 e. The number of alkyl halides is 1. The summed E-state index contributed by atoms with van der Waals surface area (Å²) in [5, 5.41) is 0. The van der Waals surface area contributed by atoms with Crippen LogP contribution in [-0.2, 0) is 9.31 Å². The van der Waals surface area contributed by atoms with E-state index in [1.807, 2.05) is 33.8 Å². The lowest BCUT2D eigenvalue weighted by atomic mass is 9.79. The summed E-state index contributed by atoms with van der Waals surface area (Å²) in [7, 11) is -0.446. The molecule has 0 bridgehead atoms. The molecule has 3 nitrogen and oxygen atoms in total. The SMILES string of the molecule is CC1(C)OB(c2cccc(OCF)c2)OC1(C)C. The lowest BCUT2D eigenvalue weighted by molar-refractivity contribution is 0.00578. The van der Waals surface area contributed by atoms with Crippen molar-refractivity contribution in [3.05, 3.63) is 24.3 Å². The molecule has 0 radical (unpaired) electrons. The van der Waals surface area contributed by atoms with Crippen LogP contribution in [0.4, 0.5) is 4.39 Å². The molecule has 1 aromatic carbocycles. The number of hydrogen-bond acceptors (Lipinski definition) is 3. The smallest absolute Gasteiger partial charge is 0.463 e. The fraction of sp³-hybridized carbons (Fsp3) is 0.538. The highest BCUT2D eigenvalue weighted by Crippen LogP contribution is 2.36. The van der Waals surface area contributed by atoms with Gasteiger partial charge >= 0.3 is 7.12 Å². The fourth-order valence-electron chi connectivity index (χ4n) is 1.79. The Kier molecular flexibility index (Phi) is 3.38. The van der Waals surface area contributed by atoms with E-state index in [0.717, 1.165) is 5.46 Å². The largest absolute Gasteiger partial charge is 0.494 e. The molecule has 1 aliphatic rings. The first kappa shape index (κ1) is 13.4. The Balaban J connectivity index is 2.21. The lowest BCUT2D eigenvalue weighted by Gasteiger charge is -2.32. The van der Waals surface area contributed by atoms with Gasteiger partial charge in [-0.15, -0.1) is 0 Å². The summed E-state index contributed by atoms with van der Waals surface area (Å²) in [6, 6.07) is 7.12. The first-order valence-electron chi connectivity index (χ1n) is 6.00. The number of halogens is 1. The second-order valence-electron chi connectivity index (χ2n) is 5.41. The van der Waals surface area contributed by atoms with Gasteiger partial charge in [0.05, 0.1) is 11.2 Å². The van der Waals surface area contributed by atoms with Crippen LogP contribution in [0.15, 0.2) is 24.3 Å². The van der Waals surface area contributed by atoms with E-state index in [-0.39, 0.29) is 11.2 Å². The standard InChI is InChI=1S/C13H18BFO3/c1-12(2)13(3,4)18-14(17-12)10-6-5-7-11(8-10)16-9-15/h5-8H,9H2,1-4H3. The average molecular weight is 252 g/mol. The summed E-state index contributed by atoms with van der Waals surface area (Å²) in [5.74, 6) is 0.477. The number of hydrogen-bond donors (Lipinski definition) is 0. The predicted molar refractivity (Wildman–Crippen MR) is 68.8 cm³/mol. The van der Waals surface area contributed by atoms with E-state index >= 15 is 0 Å². The van der Waals surface area contributed by atoms with Gasteiger partial charge in [-0.05, 0) is 45.3 Å². The number of rotatable bonds is 3. The quantitative estimate of drug-likeness (QED) is 0.772. The van der Waals surface area contributed by atoms with Crippen LogP contribution in [0, 0.1) is 0 Å². The molecule has 1 heterocycles. The van der Waals surface area contributed by atoms with Crippen molar-refractivity contribution in [2.75, 3.05) is 6.86 Å². The molecule has 1 aromatic rings. The van der Waals surface area contributed by atoms with Gasteiger partial charge < -0.3 is 14.0 Å². The minimum atomic E-state index is -0.840. The van der Waals surface area contributed by atoms with E-state index < -0.39 is 14.0 Å². The highest BCUT2D eigenvalue weighted by atomic mass is 19.1. The number of ether oxygens (including phenoxy) is 1. The van der Waals surface area contributed by atoms with Crippen LogP contribution in [-0.4, -0.2) is 25.2 Å². The van der Waals surface area contributed by atoms with E-state index in [0.29, 0.717) is 5.75 Å². The Morgan fingerprint density at radius 3 is 2.33 bits per heavy atom. The maximum Gasteiger partial charge on any atom is 0.494 e. The summed E-state index contributed by atoms with van der Waals surface area (Å²) in [4.78, 5) is 0. The van der Waals surface area contributed by atoms with Gasteiger partial charge in [-0.3, -0.25) is 0 Å². The van der Waals surface area contributed by atoms with Crippen LogP contribution in [0.2, 0.25) is 0 Å². The molecule has 98 valence electrons. The third-order valence-corrected chi connectivity index (χ3v) is 3.60. The van der Waals surface area contributed by atoms with Crippen LogP contribution < -0.4 is 10.2 Å². The third-order valence-electron chi connectivity index (χ3n) is 3.60. The van der Waals surface area contributed by atoms with Gasteiger partial charge in [0.1, 0.15) is 5.75 Å². The predicted octanol–water partition coefficient (Wildman–Crippen LogP) is 2.29. The van der Waals surface area contributed by atoms with E-state index in [4.69, 9.17) is 14.0 Å². The van der Waals surface area contributed by atoms with Gasteiger partial charge in [0.25, 0.3) is 0 Å². The molecule has 18 heavy (non-hydrogen) atoms. The van der Waals surface area contributed by atoms with E-state index in [2.05, 4.69) is 0 Å². The van der Waals surface area contributed by atoms with Crippen LogP contribution in [0.3, 0.4) is 0 Å². The molecule has 5 heteroatoms. The molecule has 0 spiro atoms. The highest BCUT2D eigenvalue weighted by molar-refractivity contribution is 6.62. The summed E-state index contributed by atoms with van der Waals surface area (Å²) in [5.41, 5.74) is 0.0723. The topological polar surface area (TPSA) is 27.7 Å². The monoisotopic (exact) mass is 252 g/mol. The van der Waals surface area contributed by atoms with Crippen LogP contribution in [0.1, 0.15) is 27.7 Å². The van der Waals surface area contributed by atoms with Crippen LogP contribution in [0.5, 0.6) is 5.75 Å². The van der Waals surface area contributed by atoms with E-state index in [9.17, 15) is 4.39 Å². The molecular formula is C13H18BFO3. The van der Waals surface area contributed by atoms with Crippen molar-refractivity contribution in [1.29, 1.82) is 0 Å². The van der Waals surface area contributed by atoms with Crippen molar-refractivity contribution in [1.82, 2.24) is 0 Å². The third kappa shape index (κ3) is 2.38. The molecule has 1 aliphatic heterocycles. The Morgan fingerprint density at radius 2 is 1.78 bits per heavy atom. The van der Waals surface area contributed by atoms with Gasteiger partial charge in [0.15, 0.2) is 0 Å². The second kappa shape index (κ2) is 4.55. The summed E-state index contributed by atoms with van der Waals surface area (Å²) < 4.78 is 28.8. The van der Waals surface area contributed by atoms with Crippen molar-refractivity contribution in [2.24, 2.45) is 0 Å². The van der Waals surface area contributed by atoms with Crippen molar-refractivity contribution in [2.45, 2.75) is 38.9 Å². The zero-order valence-electron chi connectivity index (χ0n) is 11.2. The van der Waals surface area contributed by atoms with Crippen LogP contribution in [0.25, 0.3) is 0 Å². The molecule has 0 amide bonds.